The number of carbonyl (C=O) groups is 2. The fourth-order valence-corrected chi connectivity index (χ4v) is 7.98. The van der Waals surface area contributed by atoms with Crippen LogP contribution >= 0.6 is 11.6 Å². The fraction of sp³-hybridized carbons (Fsp3) is 0.393. The molecule has 1 atom stereocenters. The van der Waals surface area contributed by atoms with Crippen LogP contribution in [0.2, 0.25) is 5.02 Å². The molecule has 44 heavy (non-hydrogen) atoms. The molecule has 16 heteroatoms. The topological polar surface area (TPSA) is 166 Å². The molecular weight excluding hydrogens is 637 g/mol. The lowest BCUT2D eigenvalue weighted by Crippen LogP contribution is -2.51. The second kappa shape index (κ2) is 11.0. The van der Waals surface area contributed by atoms with E-state index in [1.54, 1.807) is 45.0 Å². The quantitative estimate of drug-likeness (QED) is 0.411. The number of hydrogen-bond donors (Lipinski definition) is 1. The number of alkyl carbamates (subject to hydrolysis) is 1. The van der Waals surface area contributed by atoms with Crippen LogP contribution in [-0.4, -0.2) is 67.7 Å². The van der Waals surface area contributed by atoms with Gasteiger partial charge in [-0.3, -0.25) is 4.79 Å². The summed E-state index contributed by atoms with van der Waals surface area (Å²) in [5, 5.41) is 10.5. The van der Waals surface area contributed by atoms with E-state index in [1.165, 1.54) is 6.20 Å². The van der Waals surface area contributed by atoms with E-state index in [0.717, 1.165) is 23.3 Å². The van der Waals surface area contributed by atoms with Crippen molar-refractivity contribution in [1.82, 2.24) is 20.5 Å². The number of amides is 2. The Bertz CT molecular complexity index is 1880. The van der Waals surface area contributed by atoms with Gasteiger partial charge < -0.3 is 15.0 Å². The van der Waals surface area contributed by atoms with Crippen molar-refractivity contribution in [2.24, 2.45) is 0 Å². The fourth-order valence-electron chi connectivity index (χ4n) is 4.92. The van der Waals surface area contributed by atoms with Gasteiger partial charge in [-0.15, -0.1) is 5.10 Å². The maximum absolute atomic E-state index is 15.7. The van der Waals surface area contributed by atoms with Crippen LogP contribution in [0, 0.1) is 5.82 Å². The van der Waals surface area contributed by atoms with Crippen LogP contribution in [0.25, 0.3) is 11.4 Å². The lowest BCUT2D eigenvalue weighted by molar-refractivity contribution is -0.120. The number of carbonyl (C=O) groups excluding carboxylic acids is 2. The molecule has 1 aliphatic heterocycles. The van der Waals surface area contributed by atoms with E-state index < -0.39 is 64.5 Å². The van der Waals surface area contributed by atoms with Crippen molar-refractivity contribution >= 4 is 49.0 Å². The average Bonchev–Trinajstić information content (AvgIpc) is 3.74. The number of ether oxygens (including phenoxy) is 1. The molecule has 2 aromatic carbocycles. The number of fused-ring (bicyclic) bond motifs is 1. The van der Waals surface area contributed by atoms with Crippen LogP contribution in [0.15, 0.2) is 47.5 Å². The number of anilines is 1. The van der Waals surface area contributed by atoms with Crippen molar-refractivity contribution in [3.8, 4) is 11.4 Å². The minimum atomic E-state index is -4.37. The maximum atomic E-state index is 15.7. The van der Waals surface area contributed by atoms with Crippen LogP contribution in [-0.2, 0) is 40.5 Å². The molecule has 3 aromatic rings. The predicted octanol–water partition coefficient (Wildman–Crippen LogP) is 3.58. The highest BCUT2D eigenvalue weighted by Gasteiger charge is 2.55. The van der Waals surface area contributed by atoms with Crippen molar-refractivity contribution in [2.45, 2.75) is 61.4 Å². The van der Waals surface area contributed by atoms with Crippen LogP contribution in [0.4, 0.5) is 14.9 Å². The molecule has 2 heterocycles. The van der Waals surface area contributed by atoms with E-state index in [0.29, 0.717) is 23.4 Å². The van der Waals surface area contributed by atoms with Crippen LogP contribution in [0.1, 0.15) is 44.9 Å². The third-order valence-electron chi connectivity index (χ3n) is 7.25. The Morgan fingerprint density at radius 3 is 2.45 bits per heavy atom. The zero-order valence-corrected chi connectivity index (χ0v) is 26.6. The molecule has 0 spiro atoms. The third-order valence-corrected chi connectivity index (χ3v) is 11.3. The first kappa shape index (κ1) is 31.7. The number of rotatable bonds is 6. The van der Waals surface area contributed by atoms with Gasteiger partial charge in [-0.05, 0) is 63.4 Å². The van der Waals surface area contributed by atoms with Gasteiger partial charge in [-0.1, -0.05) is 23.7 Å². The van der Waals surface area contributed by atoms with Gasteiger partial charge in [0.2, 0.25) is 0 Å². The monoisotopic (exact) mass is 665 g/mol. The summed E-state index contributed by atoms with van der Waals surface area (Å²) in [6.45, 7) is 4.65. The molecule has 1 fully saturated rings. The van der Waals surface area contributed by atoms with E-state index in [-0.39, 0.29) is 29.3 Å². The normalized spacial score (nSPS) is 19.1. The van der Waals surface area contributed by atoms with Gasteiger partial charge in [0, 0.05) is 11.3 Å². The van der Waals surface area contributed by atoms with Crippen LogP contribution in [0.5, 0.6) is 0 Å². The Kier molecular flexibility index (Phi) is 7.96. The van der Waals surface area contributed by atoms with E-state index in [4.69, 9.17) is 16.3 Å². The molecule has 1 N–H and O–H groups in total. The lowest BCUT2D eigenvalue weighted by Gasteiger charge is -2.27. The summed E-state index contributed by atoms with van der Waals surface area (Å²) >= 11 is 6.02. The first-order valence-electron chi connectivity index (χ1n) is 13.4. The van der Waals surface area contributed by atoms with Gasteiger partial charge in [0.25, 0.3) is 5.91 Å². The Hall–Kier alpha value is -3.69. The molecule has 5 rings (SSSR count). The van der Waals surface area contributed by atoms with Gasteiger partial charge >= 0.3 is 6.09 Å². The Labute approximate surface area is 258 Å². The summed E-state index contributed by atoms with van der Waals surface area (Å²) in [5.74, 6) is -2.99. The summed E-state index contributed by atoms with van der Waals surface area (Å²) in [6.07, 6.45) is 1.89. The molecule has 0 bridgehead atoms. The number of benzene rings is 2. The number of nitrogens with one attached hydrogen (secondary N) is 1. The summed E-state index contributed by atoms with van der Waals surface area (Å²) in [4.78, 5) is 31.5. The highest BCUT2D eigenvalue weighted by atomic mass is 35.5. The number of hydrogen-bond acceptors (Lipinski definition) is 10. The molecule has 234 valence electrons. The zero-order valence-electron chi connectivity index (χ0n) is 24.2. The van der Waals surface area contributed by atoms with Crippen molar-refractivity contribution in [1.29, 1.82) is 0 Å². The third kappa shape index (κ3) is 6.26. The molecular formula is C28H29ClFN5O7S2. The van der Waals surface area contributed by atoms with Crippen LogP contribution in [0.3, 0.4) is 0 Å². The molecule has 0 unspecified atom stereocenters. The SMILES string of the molecule is CC(C)(C)OC(=O)N[C@H]1CS(=O)(=O)c2cc(F)c(-c3nncc(C4(S(C)(=O)=O)CC4)n3)cc2N(Cc2ccc(Cl)cc2)C1=O. The van der Waals surface area contributed by atoms with E-state index >= 15 is 4.39 Å². The molecule has 1 aromatic heterocycles. The second-order valence-corrected chi connectivity index (χ2v) is 16.5. The second-order valence-electron chi connectivity index (χ2n) is 11.8. The average molecular weight is 666 g/mol. The van der Waals surface area contributed by atoms with Gasteiger partial charge in [-0.25, -0.2) is 31.0 Å². The number of nitrogens with zero attached hydrogens (tertiary/aromatic N) is 4. The summed E-state index contributed by atoms with van der Waals surface area (Å²) < 4.78 is 71.8. The molecule has 0 saturated heterocycles. The minimum Gasteiger partial charge on any atom is -0.444 e. The number of halogens is 2. The van der Waals surface area contributed by atoms with E-state index in [9.17, 15) is 26.4 Å². The largest absolute Gasteiger partial charge is 0.444 e. The van der Waals surface area contributed by atoms with E-state index in [1.807, 2.05) is 0 Å². The maximum Gasteiger partial charge on any atom is 0.408 e. The van der Waals surface area contributed by atoms with E-state index in [2.05, 4.69) is 20.5 Å². The predicted molar refractivity (Wildman–Crippen MR) is 159 cm³/mol. The smallest absolute Gasteiger partial charge is 0.408 e. The van der Waals surface area contributed by atoms with Crippen molar-refractivity contribution < 1.29 is 35.6 Å². The molecule has 0 radical (unpaired) electrons. The molecule has 1 saturated carbocycles. The van der Waals surface area contributed by atoms with Crippen molar-refractivity contribution in [2.75, 3.05) is 16.9 Å². The summed E-state index contributed by atoms with van der Waals surface area (Å²) in [6, 6.07) is 6.74. The Balaban J connectivity index is 1.64. The van der Waals surface area contributed by atoms with Gasteiger partial charge in [-0.2, -0.15) is 5.10 Å². The minimum absolute atomic E-state index is 0.0858. The van der Waals surface area contributed by atoms with Gasteiger partial charge in [0.15, 0.2) is 25.5 Å². The first-order chi connectivity index (χ1) is 20.4. The summed E-state index contributed by atoms with van der Waals surface area (Å²) in [7, 11) is -7.95. The van der Waals surface area contributed by atoms with Gasteiger partial charge in [0.1, 0.15) is 22.2 Å². The molecule has 1 aliphatic carbocycles. The standard InChI is InChI=1S/C28H29ClFN5O7S2/c1-27(2,3)42-26(37)32-20-15-44(40,41)22-12-19(30)18(24-33-23(13-31-34-24)28(9-10-28)43(4,38)39)11-21(22)35(25(20)36)14-16-5-7-17(29)8-6-16/h5-8,11-13,20H,9-10,14-15H2,1-4H3,(H,32,37)/t20-/m0/s1. The first-order valence-corrected chi connectivity index (χ1v) is 17.3. The lowest BCUT2D eigenvalue weighted by atomic mass is 10.1. The Morgan fingerprint density at radius 1 is 1.20 bits per heavy atom. The Morgan fingerprint density at radius 2 is 1.86 bits per heavy atom. The summed E-state index contributed by atoms with van der Waals surface area (Å²) in [5.41, 5.74) is -0.779. The number of sulfone groups is 2. The highest BCUT2D eigenvalue weighted by molar-refractivity contribution is 7.92. The zero-order chi connectivity index (χ0) is 32.2. The van der Waals surface area contributed by atoms with Gasteiger partial charge in [0.05, 0.1) is 40.3 Å². The van der Waals surface area contributed by atoms with Crippen molar-refractivity contribution in [3.05, 3.63) is 64.7 Å². The number of aromatic nitrogens is 3. The van der Waals surface area contributed by atoms with Crippen LogP contribution < -0.4 is 10.2 Å². The molecule has 12 nitrogen and oxygen atoms in total. The molecule has 2 aliphatic rings. The molecule has 2 amide bonds. The van der Waals surface area contributed by atoms with Crippen molar-refractivity contribution in [3.63, 3.8) is 0 Å². The highest BCUT2D eigenvalue weighted by Crippen LogP contribution is 2.51.